The highest BCUT2D eigenvalue weighted by Gasteiger charge is 2.24. The van der Waals surface area contributed by atoms with Gasteiger partial charge < -0.3 is 0 Å². The van der Waals surface area contributed by atoms with Crippen molar-refractivity contribution in [2.24, 2.45) is 5.92 Å². The normalized spacial score (nSPS) is 14.4. The third-order valence-corrected chi connectivity index (χ3v) is 4.54. The van der Waals surface area contributed by atoms with Gasteiger partial charge in [0, 0.05) is 19.0 Å². The van der Waals surface area contributed by atoms with Crippen LogP contribution in [-0.2, 0) is 14.8 Å². The van der Waals surface area contributed by atoms with Gasteiger partial charge in [0.2, 0.25) is 15.3 Å². The quantitative estimate of drug-likeness (QED) is 0.654. The highest BCUT2D eigenvalue weighted by Crippen LogP contribution is 2.09. The molecular formula is C8H16ClNO3S. The van der Waals surface area contributed by atoms with E-state index in [4.69, 9.17) is 11.6 Å². The van der Waals surface area contributed by atoms with Crippen LogP contribution < -0.4 is 0 Å². The van der Waals surface area contributed by atoms with E-state index in [1.807, 2.05) is 0 Å². The minimum absolute atomic E-state index is 0.211. The summed E-state index contributed by atoms with van der Waals surface area (Å²) in [6.07, 6.45) is 0. The third-order valence-electron chi connectivity index (χ3n) is 1.95. The predicted molar refractivity (Wildman–Crippen MR) is 56.7 cm³/mol. The van der Waals surface area contributed by atoms with Gasteiger partial charge in [-0.25, -0.2) is 12.7 Å². The van der Waals surface area contributed by atoms with E-state index in [0.29, 0.717) is 13.1 Å². The Morgan fingerprint density at radius 2 is 1.79 bits per heavy atom. The summed E-state index contributed by atoms with van der Waals surface area (Å²) in [7, 11) is -3.34. The fourth-order valence-electron chi connectivity index (χ4n) is 1.10. The second kappa shape index (κ2) is 5.68. The summed E-state index contributed by atoms with van der Waals surface area (Å²) in [5.41, 5.74) is 0. The second-order valence-corrected chi connectivity index (χ2v) is 5.45. The number of rotatable bonds is 6. The molecule has 1 atom stereocenters. The van der Waals surface area contributed by atoms with Crippen LogP contribution in [0, 0.1) is 5.92 Å². The number of nitrogens with zero attached hydrogens (tertiary/aromatic N) is 1. The van der Waals surface area contributed by atoms with E-state index in [9.17, 15) is 13.2 Å². The highest BCUT2D eigenvalue weighted by atomic mass is 35.5. The second-order valence-electron chi connectivity index (χ2n) is 3.07. The van der Waals surface area contributed by atoms with Crippen LogP contribution in [-0.4, -0.2) is 36.8 Å². The molecule has 1 unspecified atom stereocenters. The lowest BCUT2D eigenvalue weighted by Crippen LogP contribution is -2.35. The molecule has 6 heteroatoms. The van der Waals surface area contributed by atoms with E-state index in [0.717, 1.165) is 0 Å². The summed E-state index contributed by atoms with van der Waals surface area (Å²) in [4.78, 5) is 10.7. The van der Waals surface area contributed by atoms with E-state index in [1.165, 1.54) is 11.2 Å². The Kier molecular flexibility index (Phi) is 5.63. The summed E-state index contributed by atoms with van der Waals surface area (Å²) in [5, 5.41) is -0.610. The summed E-state index contributed by atoms with van der Waals surface area (Å²) < 4.78 is 24.6. The van der Waals surface area contributed by atoms with E-state index in [-0.39, 0.29) is 5.75 Å². The molecular weight excluding hydrogens is 226 g/mol. The fraction of sp³-hybridized carbons (Fsp3) is 0.875. The topological polar surface area (TPSA) is 54.5 Å². The van der Waals surface area contributed by atoms with Gasteiger partial charge in [-0.05, 0) is 11.6 Å². The summed E-state index contributed by atoms with van der Waals surface area (Å²) >= 11 is 5.20. The number of carbonyl (C=O) groups excluding carboxylic acids is 1. The van der Waals surface area contributed by atoms with Crippen LogP contribution >= 0.6 is 11.6 Å². The van der Waals surface area contributed by atoms with Crippen LogP contribution in [0.3, 0.4) is 0 Å². The zero-order chi connectivity index (χ0) is 11.4. The molecule has 0 aromatic carbocycles. The van der Waals surface area contributed by atoms with Gasteiger partial charge in [-0.2, -0.15) is 0 Å². The molecule has 0 bridgehead atoms. The van der Waals surface area contributed by atoms with Crippen molar-refractivity contribution >= 4 is 26.9 Å². The van der Waals surface area contributed by atoms with Crippen molar-refractivity contribution in [1.82, 2.24) is 4.31 Å². The van der Waals surface area contributed by atoms with Crippen molar-refractivity contribution in [2.75, 3.05) is 18.8 Å². The molecule has 0 radical (unpaired) electrons. The van der Waals surface area contributed by atoms with Crippen molar-refractivity contribution in [3.05, 3.63) is 0 Å². The lowest BCUT2D eigenvalue weighted by Gasteiger charge is -2.19. The predicted octanol–water partition coefficient (Wildman–Crippen LogP) is 1.06. The monoisotopic (exact) mass is 241 g/mol. The number of carbonyl (C=O) groups is 1. The Balaban J connectivity index is 4.56. The molecule has 0 aliphatic heterocycles. The average Bonchev–Trinajstić information content (AvgIpc) is 2.04. The largest absolute Gasteiger partial charge is 0.281 e. The van der Waals surface area contributed by atoms with Gasteiger partial charge in [-0.1, -0.05) is 20.8 Å². The number of halogens is 1. The maximum Gasteiger partial charge on any atom is 0.225 e. The van der Waals surface area contributed by atoms with Crippen LogP contribution in [0.15, 0.2) is 0 Å². The molecule has 0 spiro atoms. The van der Waals surface area contributed by atoms with Crippen LogP contribution in [0.25, 0.3) is 0 Å². The van der Waals surface area contributed by atoms with Gasteiger partial charge in [0.15, 0.2) is 0 Å². The molecule has 0 aliphatic carbocycles. The average molecular weight is 242 g/mol. The van der Waals surface area contributed by atoms with Crippen molar-refractivity contribution in [3.63, 3.8) is 0 Å². The van der Waals surface area contributed by atoms with E-state index >= 15 is 0 Å². The van der Waals surface area contributed by atoms with Gasteiger partial charge in [-0.3, -0.25) is 4.79 Å². The number of hydrogen-bond donors (Lipinski definition) is 0. The summed E-state index contributed by atoms with van der Waals surface area (Å²) in [6, 6.07) is 0. The Bertz CT molecular complexity index is 285. The molecule has 0 saturated heterocycles. The van der Waals surface area contributed by atoms with Gasteiger partial charge in [0.1, 0.15) is 0 Å². The minimum atomic E-state index is -3.34. The minimum Gasteiger partial charge on any atom is -0.281 e. The number of hydrogen-bond acceptors (Lipinski definition) is 3. The Labute approximate surface area is 90.3 Å². The molecule has 0 heterocycles. The van der Waals surface area contributed by atoms with Crippen LogP contribution in [0.1, 0.15) is 20.8 Å². The Morgan fingerprint density at radius 3 is 2.07 bits per heavy atom. The zero-order valence-electron chi connectivity index (χ0n) is 8.66. The SMILES string of the molecule is CCN(CC)S(=O)(=O)CC(C)C(=O)Cl. The van der Waals surface area contributed by atoms with Crippen molar-refractivity contribution < 1.29 is 13.2 Å². The highest BCUT2D eigenvalue weighted by molar-refractivity contribution is 7.89. The molecule has 0 amide bonds. The van der Waals surface area contributed by atoms with E-state index in [1.54, 1.807) is 13.8 Å². The molecule has 0 saturated carbocycles. The molecule has 4 nitrogen and oxygen atoms in total. The van der Waals surface area contributed by atoms with Crippen LogP contribution in [0.4, 0.5) is 0 Å². The zero-order valence-corrected chi connectivity index (χ0v) is 10.2. The van der Waals surface area contributed by atoms with Crippen LogP contribution in [0.2, 0.25) is 0 Å². The summed E-state index contributed by atoms with van der Waals surface area (Å²) in [6.45, 7) is 5.86. The fourth-order valence-corrected chi connectivity index (χ4v) is 3.05. The van der Waals surface area contributed by atoms with Crippen molar-refractivity contribution in [1.29, 1.82) is 0 Å². The first-order chi connectivity index (χ1) is 6.35. The molecule has 0 rings (SSSR count). The number of sulfonamides is 1. The maximum absolute atomic E-state index is 11.6. The molecule has 0 aromatic rings. The first-order valence-electron chi connectivity index (χ1n) is 4.52. The smallest absolute Gasteiger partial charge is 0.225 e. The molecule has 0 aromatic heterocycles. The molecule has 84 valence electrons. The van der Waals surface area contributed by atoms with Gasteiger partial charge in [0.05, 0.1) is 5.75 Å². The molecule has 14 heavy (non-hydrogen) atoms. The Morgan fingerprint density at radius 1 is 1.36 bits per heavy atom. The molecule has 0 fully saturated rings. The first-order valence-corrected chi connectivity index (χ1v) is 6.51. The third kappa shape index (κ3) is 3.94. The lowest BCUT2D eigenvalue weighted by atomic mass is 10.2. The van der Waals surface area contributed by atoms with Gasteiger partial charge in [-0.15, -0.1) is 0 Å². The standard InChI is InChI=1S/C8H16ClNO3S/c1-4-10(5-2)14(12,13)6-7(3)8(9)11/h7H,4-6H2,1-3H3. The first kappa shape index (κ1) is 13.9. The van der Waals surface area contributed by atoms with E-state index < -0.39 is 21.2 Å². The van der Waals surface area contributed by atoms with Crippen LogP contribution in [0.5, 0.6) is 0 Å². The Hall–Kier alpha value is -0.130. The summed E-state index contributed by atoms with van der Waals surface area (Å²) in [5.74, 6) is -0.862. The lowest BCUT2D eigenvalue weighted by molar-refractivity contribution is -0.114. The van der Waals surface area contributed by atoms with Crippen molar-refractivity contribution in [3.8, 4) is 0 Å². The van der Waals surface area contributed by atoms with Crippen molar-refractivity contribution in [2.45, 2.75) is 20.8 Å². The maximum atomic E-state index is 11.6. The molecule has 0 N–H and O–H groups in total. The molecule has 0 aliphatic rings. The van der Waals surface area contributed by atoms with Gasteiger partial charge >= 0.3 is 0 Å². The van der Waals surface area contributed by atoms with E-state index in [2.05, 4.69) is 0 Å². The van der Waals surface area contributed by atoms with Gasteiger partial charge in [0.25, 0.3) is 0 Å².